The van der Waals surface area contributed by atoms with Crippen LogP contribution in [-0.2, 0) is 9.59 Å². The van der Waals surface area contributed by atoms with Crippen LogP contribution in [0.3, 0.4) is 0 Å². The first kappa shape index (κ1) is 19.1. The van der Waals surface area contributed by atoms with Crippen LogP contribution in [0.4, 0.5) is 10.5 Å². The van der Waals surface area contributed by atoms with Gasteiger partial charge in [0.2, 0.25) is 0 Å². The highest BCUT2D eigenvalue weighted by Gasteiger charge is 2.38. The molecule has 6 nitrogen and oxygen atoms in total. The predicted octanol–water partition coefficient (Wildman–Crippen LogP) is 3.23. The topological polar surface area (TPSA) is 60.9 Å². The zero-order valence-electron chi connectivity index (χ0n) is 16.9. The van der Waals surface area contributed by atoms with Crippen LogP contribution in [0.1, 0.15) is 51.2 Å². The first-order valence-electron chi connectivity index (χ1n) is 9.31. The molecule has 1 saturated heterocycles. The number of hydrogen-bond donors (Lipinski definition) is 0. The zero-order valence-corrected chi connectivity index (χ0v) is 16.9. The van der Waals surface area contributed by atoms with Crippen LogP contribution in [0, 0.1) is 0 Å². The second-order valence-corrected chi connectivity index (χ2v) is 8.05. The van der Waals surface area contributed by atoms with Crippen LogP contribution in [0.5, 0.6) is 0 Å². The zero-order chi connectivity index (χ0) is 20.1. The molecule has 144 valence electrons. The molecular formula is C21H27N3O3. The normalized spacial score (nSPS) is 22.3. The van der Waals surface area contributed by atoms with Crippen molar-refractivity contribution in [3.8, 4) is 0 Å². The minimum Gasteiger partial charge on any atom is -0.366 e. The number of barbiturate groups is 1. The number of likely N-dealkylation sites (N-methyl/N-ethyl adjacent to an activating group) is 2. The van der Waals surface area contributed by atoms with Gasteiger partial charge in [-0.2, -0.15) is 0 Å². The minimum atomic E-state index is -0.609. The lowest BCUT2D eigenvalue weighted by molar-refractivity contribution is -0.134. The predicted molar refractivity (Wildman–Crippen MR) is 105 cm³/mol. The molecule has 4 amide bonds. The van der Waals surface area contributed by atoms with E-state index in [4.69, 9.17) is 0 Å². The molecular weight excluding hydrogens is 342 g/mol. The van der Waals surface area contributed by atoms with Gasteiger partial charge in [-0.3, -0.25) is 19.4 Å². The second kappa shape index (κ2) is 6.51. The van der Waals surface area contributed by atoms with Crippen LogP contribution in [-0.4, -0.2) is 53.8 Å². The van der Waals surface area contributed by atoms with Gasteiger partial charge in [-0.15, -0.1) is 0 Å². The quantitative estimate of drug-likeness (QED) is 0.593. The molecule has 0 bridgehead atoms. The van der Waals surface area contributed by atoms with Crippen molar-refractivity contribution in [2.45, 2.75) is 45.6 Å². The smallest absolute Gasteiger partial charge is 0.333 e. The summed E-state index contributed by atoms with van der Waals surface area (Å²) in [4.78, 5) is 41.0. The summed E-state index contributed by atoms with van der Waals surface area (Å²) in [5.74, 6) is -0.754. The van der Waals surface area contributed by atoms with E-state index in [0.29, 0.717) is 5.92 Å². The van der Waals surface area contributed by atoms with Gasteiger partial charge in [-0.25, -0.2) is 4.79 Å². The maximum absolute atomic E-state index is 12.4. The number of amides is 4. The lowest BCUT2D eigenvalue weighted by Crippen LogP contribution is -2.52. The van der Waals surface area contributed by atoms with E-state index in [1.165, 1.54) is 25.3 Å². The number of carbonyl (C=O) groups is 3. The molecule has 0 N–H and O–H groups in total. The summed E-state index contributed by atoms with van der Waals surface area (Å²) >= 11 is 0. The second-order valence-electron chi connectivity index (χ2n) is 8.05. The molecule has 2 aliphatic heterocycles. The molecule has 0 radical (unpaired) electrons. The number of anilines is 1. The standard InChI is InChI=1S/C21H27N3O3/c1-7-24-17-9-8-14(10-15(17)13(2)12-21(24,3)4)11-16-18(25)22(5)20(27)23(6)19(16)26/h8-11,13H,7,12H2,1-6H3/t13-/m0/s1. The van der Waals surface area contributed by atoms with Gasteiger partial charge >= 0.3 is 6.03 Å². The van der Waals surface area contributed by atoms with Gasteiger partial charge in [0.25, 0.3) is 11.8 Å². The molecule has 6 heteroatoms. The summed E-state index contributed by atoms with van der Waals surface area (Å²) in [6.07, 6.45) is 2.62. The number of nitrogens with zero attached hydrogens (tertiary/aromatic N) is 3. The van der Waals surface area contributed by atoms with Crippen LogP contribution in [0.25, 0.3) is 6.08 Å². The van der Waals surface area contributed by atoms with E-state index in [9.17, 15) is 14.4 Å². The molecule has 1 aromatic rings. The number of benzene rings is 1. The summed E-state index contributed by atoms with van der Waals surface area (Å²) < 4.78 is 0. The molecule has 2 heterocycles. The number of hydrogen-bond acceptors (Lipinski definition) is 4. The van der Waals surface area contributed by atoms with Gasteiger partial charge in [0.1, 0.15) is 5.57 Å². The fraction of sp³-hybridized carbons (Fsp3) is 0.476. The van der Waals surface area contributed by atoms with Gasteiger partial charge in [-0.1, -0.05) is 13.0 Å². The van der Waals surface area contributed by atoms with Crippen molar-refractivity contribution >= 4 is 29.6 Å². The highest BCUT2D eigenvalue weighted by molar-refractivity contribution is 6.30. The Bertz CT molecular complexity index is 830. The molecule has 0 spiro atoms. The van der Waals surface area contributed by atoms with Crippen molar-refractivity contribution in [1.82, 2.24) is 9.80 Å². The van der Waals surface area contributed by atoms with Gasteiger partial charge < -0.3 is 4.90 Å². The first-order valence-corrected chi connectivity index (χ1v) is 9.31. The summed E-state index contributed by atoms with van der Waals surface area (Å²) in [6, 6.07) is 5.45. The van der Waals surface area contributed by atoms with Gasteiger partial charge in [0.05, 0.1) is 0 Å². The minimum absolute atomic E-state index is 0.00990. The number of fused-ring (bicyclic) bond motifs is 1. The summed E-state index contributed by atoms with van der Waals surface area (Å²) in [7, 11) is 2.77. The monoisotopic (exact) mass is 369 g/mol. The molecule has 0 aromatic heterocycles. The Kier molecular flexibility index (Phi) is 4.62. The van der Waals surface area contributed by atoms with Crippen LogP contribution in [0.15, 0.2) is 23.8 Å². The van der Waals surface area contributed by atoms with Crippen molar-refractivity contribution in [2.24, 2.45) is 0 Å². The Labute approximate surface area is 160 Å². The van der Waals surface area contributed by atoms with Crippen molar-refractivity contribution < 1.29 is 14.4 Å². The summed E-state index contributed by atoms with van der Waals surface area (Å²) in [5.41, 5.74) is 3.32. The van der Waals surface area contributed by atoms with Gasteiger partial charge in [0.15, 0.2) is 0 Å². The van der Waals surface area contributed by atoms with Crippen molar-refractivity contribution in [1.29, 1.82) is 0 Å². The Morgan fingerprint density at radius 3 is 2.26 bits per heavy atom. The third-order valence-electron chi connectivity index (χ3n) is 5.68. The highest BCUT2D eigenvalue weighted by atomic mass is 16.2. The maximum Gasteiger partial charge on any atom is 0.333 e. The number of urea groups is 1. The van der Waals surface area contributed by atoms with Crippen LogP contribution in [0.2, 0.25) is 0 Å². The van der Waals surface area contributed by atoms with E-state index < -0.39 is 17.8 Å². The Balaban J connectivity index is 2.04. The fourth-order valence-corrected chi connectivity index (χ4v) is 4.34. The summed E-state index contributed by atoms with van der Waals surface area (Å²) in [5, 5.41) is 0. The molecule has 0 unspecified atom stereocenters. The largest absolute Gasteiger partial charge is 0.366 e. The molecule has 3 rings (SSSR count). The molecule has 1 fully saturated rings. The van der Waals surface area contributed by atoms with E-state index in [-0.39, 0.29) is 11.1 Å². The van der Waals surface area contributed by atoms with E-state index in [0.717, 1.165) is 28.3 Å². The Morgan fingerprint density at radius 2 is 1.70 bits per heavy atom. The van der Waals surface area contributed by atoms with Crippen LogP contribution >= 0.6 is 0 Å². The van der Waals surface area contributed by atoms with E-state index in [1.54, 1.807) is 6.08 Å². The molecule has 27 heavy (non-hydrogen) atoms. The molecule has 1 atom stereocenters. The van der Waals surface area contributed by atoms with E-state index in [2.05, 4.69) is 44.7 Å². The lowest BCUT2D eigenvalue weighted by Gasteiger charge is -2.47. The summed E-state index contributed by atoms with van der Waals surface area (Å²) in [6.45, 7) is 9.80. The van der Waals surface area contributed by atoms with Gasteiger partial charge in [-0.05, 0) is 62.4 Å². The SMILES string of the molecule is CCN1c2ccc(C=C3C(=O)N(C)C(=O)N(C)C3=O)cc2[C@@H](C)CC1(C)C. The van der Waals surface area contributed by atoms with Crippen molar-refractivity contribution in [2.75, 3.05) is 25.5 Å². The molecule has 1 aromatic carbocycles. The number of rotatable bonds is 2. The number of imide groups is 2. The first-order chi connectivity index (χ1) is 12.6. The van der Waals surface area contributed by atoms with Crippen molar-refractivity contribution in [3.05, 3.63) is 34.9 Å². The average Bonchev–Trinajstić information content (AvgIpc) is 2.62. The highest BCUT2D eigenvalue weighted by Crippen LogP contribution is 2.43. The number of carbonyl (C=O) groups excluding carboxylic acids is 3. The Hall–Kier alpha value is -2.63. The molecule has 0 aliphatic carbocycles. The Morgan fingerprint density at radius 1 is 1.11 bits per heavy atom. The van der Waals surface area contributed by atoms with E-state index >= 15 is 0 Å². The molecule has 0 saturated carbocycles. The average molecular weight is 369 g/mol. The van der Waals surface area contributed by atoms with Crippen molar-refractivity contribution in [3.63, 3.8) is 0 Å². The van der Waals surface area contributed by atoms with E-state index in [1.807, 2.05) is 6.07 Å². The van der Waals surface area contributed by atoms with Gasteiger partial charge in [0, 0.05) is 31.9 Å². The molecule has 2 aliphatic rings. The van der Waals surface area contributed by atoms with Crippen LogP contribution < -0.4 is 4.90 Å². The maximum atomic E-state index is 12.4. The third-order valence-corrected chi connectivity index (χ3v) is 5.68. The third kappa shape index (κ3) is 3.03. The lowest BCUT2D eigenvalue weighted by atomic mass is 9.79. The fourth-order valence-electron chi connectivity index (χ4n) is 4.34.